The highest BCUT2D eigenvalue weighted by atomic mass is 19.1. The van der Waals surface area contributed by atoms with Crippen LogP contribution in [0.15, 0.2) is 36.5 Å². The normalized spacial score (nSPS) is 10.6. The van der Waals surface area contributed by atoms with Gasteiger partial charge in [-0.3, -0.25) is 4.98 Å². The topological polar surface area (TPSA) is 34.1 Å². The first-order valence-electron chi connectivity index (χ1n) is 6.73. The summed E-state index contributed by atoms with van der Waals surface area (Å²) in [4.78, 5) is 4.31. The summed E-state index contributed by atoms with van der Waals surface area (Å²) in [6.07, 6.45) is 1.81. The van der Waals surface area contributed by atoms with Crippen LogP contribution in [0.25, 0.3) is 0 Å². The van der Waals surface area contributed by atoms with E-state index >= 15 is 0 Å². The Labute approximate surface area is 118 Å². The van der Waals surface area contributed by atoms with E-state index < -0.39 is 0 Å². The minimum Gasteiger partial charge on any atom is -0.484 e. The van der Waals surface area contributed by atoms with Crippen LogP contribution in [0, 0.1) is 12.7 Å². The molecule has 0 atom stereocenters. The molecule has 106 valence electrons. The zero-order valence-electron chi connectivity index (χ0n) is 11.8. The predicted octanol–water partition coefficient (Wildman–Crippen LogP) is 3.22. The van der Waals surface area contributed by atoms with Gasteiger partial charge in [-0.05, 0) is 36.7 Å². The first-order valence-corrected chi connectivity index (χ1v) is 6.73. The SMILES string of the molecule is CCNCc1ccc(COc2cccc(C)c2F)nc1. The van der Waals surface area contributed by atoms with Gasteiger partial charge in [0.25, 0.3) is 0 Å². The van der Waals surface area contributed by atoms with Crippen molar-refractivity contribution in [1.82, 2.24) is 10.3 Å². The van der Waals surface area contributed by atoms with Gasteiger partial charge in [0.15, 0.2) is 11.6 Å². The van der Waals surface area contributed by atoms with Gasteiger partial charge in [-0.2, -0.15) is 0 Å². The molecule has 2 aromatic rings. The monoisotopic (exact) mass is 274 g/mol. The first kappa shape index (κ1) is 14.5. The number of nitrogens with one attached hydrogen (secondary N) is 1. The van der Waals surface area contributed by atoms with E-state index in [0.717, 1.165) is 24.3 Å². The van der Waals surface area contributed by atoms with E-state index in [1.165, 1.54) is 0 Å². The van der Waals surface area contributed by atoms with Gasteiger partial charge in [0.1, 0.15) is 6.61 Å². The van der Waals surface area contributed by atoms with E-state index in [1.807, 2.05) is 18.3 Å². The summed E-state index contributed by atoms with van der Waals surface area (Å²) in [5.41, 5.74) is 2.49. The van der Waals surface area contributed by atoms with Gasteiger partial charge < -0.3 is 10.1 Å². The number of rotatable bonds is 6. The third-order valence-corrected chi connectivity index (χ3v) is 3.00. The molecule has 0 radical (unpaired) electrons. The summed E-state index contributed by atoms with van der Waals surface area (Å²) >= 11 is 0. The van der Waals surface area contributed by atoms with Crippen LogP contribution in [-0.2, 0) is 13.2 Å². The summed E-state index contributed by atoms with van der Waals surface area (Å²) in [6, 6.07) is 9.03. The quantitative estimate of drug-likeness (QED) is 0.878. The number of nitrogens with zero attached hydrogens (tertiary/aromatic N) is 1. The minimum absolute atomic E-state index is 0.266. The Morgan fingerprint density at radius 1 is 1.25 bits per heavy atom. The van der Waals surface area contributed by atoms with Crippen LogP contribution in [0.1, 0.15) is 23.7 Å². The van der Waals surface area contributed by atoms with Crippen LogP contribution >= 0.6 is 0 Å². The number of ether oxygens (including phenoxy) is 1. The molecule has 0 fully saturated rings. The van der Waals surface area contributed by atoms with Crippen molar-refractivity contribution in [3.63, 3.8) is 0 Å². The molecule has 1 heterocycles. The average Bonchev–Trinajstić information content (AvgIpc) is 2.48. The Kier molecular flexibility index (Phi) is 5.07. The maximum Gasteiger partial charge on any atom is 0.167 e. The molecule has 1 aromatic heterocycles. The van der Waals surface area contributed by atoms with Crippen molar-refractivity contribution in [2.24, 2.45) is 0 Å². The molecule has 0 saturated carbocycles. The molecule has 0 saturated heterocycles. The first-order chi connectivity index (χ1) is 9.70. The summed E-state index contributed by atoms with van der Waals surface area (Å²) in [5.74, 6) is -0.0419. The molecule has 1 N–H and O–H groups in total. The van der Waals surface area contributed by atoms with Crippen LogP contribution < -0.4 is 10.1 Å². The molecule has 0 aliphatic rings. The van der Waals surface area contributed by atoms with Gasteiger partial charge in [0, 0.05) is 12.7 Å². The van der Waals surface area contributed by atoms with Gasteiger partial charge in [0.05, 0.1) is 5.69 Å². The molecule has 0 bridgehead atoms. The second kappa shape index (κ2) is 7.01. The van der Waals surface area contributed by atoms with Gasteiger partial charge in [0.2, 0.25) is 0 Å². The number of benzene rings is 1. The lowest BCUT2D eigenvalue weighted by Gasteiger charge is -2.08. The number of hydrogen-bond acceptors (Lipinski definition) is 3. The summed E-state index contributed by atoms with van der Waals surface area (Å²) in [5, 5.41) is 3.23. The highest BCUT2D eigenvalue weighted by Crippen LogP contribution is 2.20. The van der Waals surface area contributed by atoms with Crippen molar-refractivity contribution >= 4 is 0 Å². The Hall–Kier alpha value is -1.94. The van der Waals surface area contributed by atoms with E-state index in [2.05, 4.69) is 17.2 Å². The Balaban J connectivity index is 1.95. The predicted molar refractivity (Wildman–Crippen MR) is 77.1 cm³/mol. The van der Waals surface area contributed by atoms with E-state index in [4.69, 9.17) is 4.74 Å². The number of aromatic nitrogens is 1. The molecule has 20 heavy (non-hydrogen) atoms. The van der Waals surface area contributed by atoms with Gasteiger partial charge in [-0.15, -0.1) is 0 Å². The fourth-order valence-electron chi connectivity index (χ4n) is 1.80. The van der Waals surface area contributed by atoms with Crippen molar-refractivity contribution in [2.75, 3.05) is 6.54 Å². The molecule has 0 aliphatic carbocycles. The highest BCUT2D eigenvalue weighted by molar-refractivity contribution is 5.30. The van der Waals surface area contributed by atoms with E-state index in [1.54, 1.807) is 25.1 Å². The van der Waals surface area contributed by atoms with Gasteiger partial charge in [-0.25, -0.2) is 4.39 Å². The Morgan fingerprint density at radius 2 is 2.10 bits per heavy atom. The van der Waals surface area contributed by atoms with E-state index in [0.29, 0.717) is 5.56 Å². The molecule has 0 unspecified atom stereocenters. The lowest BCUT2D eigenvalue weighted by molar-refractivity contribution is 0.285. The van der Waals surface area contributed by atoms with Crippen LogP contribution in [-0.4, -0.2) is 11.5 Å². The second-order valence-corrected chi connectivity index (χ2v) is 4.61. The molecule has 2 rings (SSSR count). The standard InChI is InChI=1S/C16H19FN2O/c1-3-18-9-13-7-8-14(19-10-13)11-20-15-6-4-5-12(2)16(15)17/h4-8,10,18H,3,9,11H2,1-2H3. The molecule has 0 spiro atoms. The highest BCUT2D eigenvalue weighted by Gasteiger charge is 2.06. The largest absolute Gasteiger partial charge is 0.484 e. The van der Waals surface area contributed by atoms with Crippen molar-refractivity contribution in [3.05, 3.63) is 59.2 Å². The molecule has 1 aromatic carbocycles. The fourth-order valence-corrected chi connectivity index (χ4v) is 1.80. The molecular weight excluding hydrogens is 255 g/mol. The second-order valence-electron chi connectivity index (χ2n) is 4.61. The zero-order valence-corrected chi connectivity index (χ0v) is 11.8. The molecule has 0 aliphatic heterocycles. The number of halogens is 1. The maximum absolute atomic E-state index is 13.8. The summed E-state index contributed by atoms with van der Waals surface area (Å²) in [6.45, 7) is 5.78. The minimum atomic E-state index is -0.309. The van der Waals surface area contributed by atoms with Crippen LogP contribution in [0.3, 0.4) is 0 Å². The Bertz CT molecular complexity index is 555. The lowest BCUT2D eigenvalue weighted by atomic mass is 10.2. The molecule has 3 nitrogen and oxygen atoms in total. The number of aryl methyl sites for hydroxylation is 1. The molecule has 4 heteroatoms. The molecular formula is C16H19FN2O. The van der Waals surface area contributed by atoms with Crippen LogP contribution in [0.5, 0.6) is 5.75 Å². The smallest absolute Gasteiger partial charge is 0.167 e. The third-order valence-electron chi connectivity index (χ3n) is 3.00. The number of pyridine rings is 1. The lowest BCUT2D eigenvalue weighted by Crippen LogP contribution is -2.12. The van der Waals surface area contributed by atoms with Crippen molar-refractivity contribution < 1.29 is 9.13 Å². The van der Waals surface area contributed by atoms with Crippen molar-refractivity contribution in [2.45, 2.75) is 27.0 Å². The van der Waals surface area contributed by atoms with Gasteiger partial charge in [-0.1, -0.05) is 25.1 Å². The molecule has 0 amide bonds. The average molecular weight is 274 g/mol. The van der Waals surface area contributed by atoms with E-state index in [9.17, 15) is 4.39 Å². The maximum atomic E-state index is 13.8. The van der Waals surface area contributed by atoms with Crippen molar-refractivity contribution in [1.29, 1.82) is 0 Å². The van der Waals surface area contributed by atoms with E-state index in [-0.39, 0.29) is 18.2 Å². The summed E-state index contributed by atoms with van der Waals surface area (Å²) in [7, 11) is 0. The van der Waals surface area contributed by atoms with Crippen molar-refractivity contribution in [3.8, 4) is 5.75 Å². The zero-order chi connectivity index (χ0) is 14.4. The number of hydrogen-bond donors (Lipinski definition) is 1. The fraction of sp³-hybridized carbons (Fsp3) is 0.312. The third kappa shape index (κ3) is 3.78. The summed E-state index contributed by atoms with van der Waals surface area (Å²) < 4.78 is 19.2. The van der Waals surface area contributed by atoms with Crippen LogP contribution in [0.4, 0.5) is 4.39 Å². The van der Waals surface area contributed by atoms with Crippen LogP contribution in [0.2, 0.25) is 0 Å². The Morgan fingerprint density at radius 3 is 2.80 bits per heavy atom. The van der Waals surface area contributed by atoms with Gasteiger partial charge >= 0.3 is 0 Å².